The van der Waals surface area contributed by atoms with Crippen LogP contribution in [-0.2, 0) is 10.9 Å². The summed E-state index contributed by atoms with van der Waals surface area (Å²) < 4.78 is 45.0. The second-order valence-corrected chi connectivity index (χ2v) is 6.43. The van der Waals surface area contributed by atoms with Crippen LogP contribution in [0.1, 0.15) is 29.8 Å². The van der Waals surface area contributed by atoms with Crippen LogP contribution in [0.4, 0.5) is 13.2 Å². The molecule has 2 rings (SSSR count). The van der Waals surface area contributed by atoms with Gasteiger partial charge in [-0.1, -0.05) is 15.9 Å². The number of carbonyl (C=O) groups is 1. The first-order chi connectivity index (χ1) is 9.63. The number of morpholine rings is 1. The molecule has 0 radical (unpaired) electrons. The zero-order valence-corrected chi connectivity index (χ0v) is 13.2. The van der Waals surface area contributed by atoms with Crippen LogP contribution < -0.4 is 0 Å². The van der Waals surface area contributed by atoms with Gasteiger partial charge in [0.05, 0.1) is 29.9 Å². The molecule has 3 nitrogen and oxygen atoms in total. The lowest BCUT2D eigenvalue weighted by Gasteiger charge is -2.42. The highest BCUT2D eigenvalue weighted by Gasteiger charge is 2.40. The fourth-order valence-electron chi connectivity index (χ4n) is 2.32. The van der Waals surface area contributed by atoms with E-state index in [0.29, 0.717) is 13.2 Å². The van der Waals surface area contributed by atoms with Crippen molar-refractivity contribution in [1.29, 1.82) is 0 Å². The van der Waals surface area contributed by atoms with Crippen molar-refractivity contribution in [3.05, 3.63) is 33.8 Å². The molecule has 7 heteroatoms. The summed E-state index contributed by atoms with van der Waals surface area (Å²) in [5.74, 6) is -0.622. The van der Waals surface area contributed by atoms with Gasteiger partial charge in [-0.2, -0.15) is 13.2 Å². The van der Waals surface area contributed by atoms with Gasteiger partial charge in [0.15, 0.2) is 0 Å². The summed E-state index contributed by atoms with van der Waals surface area (Å²) >= 11 is 3.01. The lowest BCUT2D eigenvalue weighted by atomic mass is 9.99. The number of benzene rings is 1. The van der Waals surface area contributed by atoms with Crippen LogP contribution in [0.15, 0.2) is 22.7 Å². The molecule has 0 bridgehead atoms. The maximum absolute atomic E-state index is 13.1. The Morgan fingerprint density at radius 2 is 2.05 bits per heavy atom. The van der Waals surface area contributed by atoms with Crippen LogP contribution in [0.2, 0.25) is 0 Å². The van der Waals surface area contributed by atoms with E-state index in [1.165, 1.54) is 17.0 Å². The number of nitrogens with zero attached hydrogens (tertiary/aromatic N) is 1. The maximum atomic E-state index is 13.1. The Labute approximate surface area is 129 Å². The second-order valence-electron chi connectivity index (χ2n) is 5.51. The summed E-state index contributed by atoms with van der Waals surface area (Å²) in [6.07, 6.45) is -4.58. The summed E-state index contributed by atoms with van der Waals surface area (Å²) in [6.45, 7) is 4.45. The van der Waals surface area contributed by atoms with Gasteiger partial charge in [0.1, 0.15) is 0 Å². The smallest absolute Gasteiger partial charge is 0.377 e. The highest BCUT2D eigenvalue weighted by molar-refractivity contribution is 9.10. The van der Waals surface area contributed by atoms with Crippen LogP contribution in [0.3, 0.4) is 0 Å². The Kier molecular flexibility index (Phi) is 4.35. The molecular formula is C14H15BrF3NO2. The Balaban J connectivity index is 2.44. The highest BCUT2D eigenvalue weighted by atomic mass is 79.9. The van der Waals surface area contributed by atoms with Crippen LogP contribution in [0, 0.1) is 0 Å². The summed E-state index contributed by atoms with van der Waals surface area (Å²) in [4.78, 5) is 14.0. The molecule has 1 amide bonds. The van der Waals surface area contributed by atoms with Crippen molar-refractivity contribution >= 4 is 21.8 Å². The summed E-state index contributed by atoms with van der Waals surface area (Å²) in [7, 11) is 0. The zero-order valence-electron chi connectivity index (χ0n) is 11.6. The number of halogens is 4. The Bertz CT molecular complexity index is 558. The van der Waals surface area contributed by atoms with Gasteiger partial charge in [-0.05, 0) is 32.0 Å². The molecule has 0 saturated carbocycles. The van der Waals surface area contributed by atoms with Gasteiger partial charge in [-0.3, -0.25) is 4.79 Å². The lowest BCUT2D eigenvalue weighted by Crippen LogP contribution is -2.55. The predicted molar refractivity (Wildman–Crippen MR) is 75.1 cm³/mol. The minimum atomic E-state index is -4.58. The van der Waals surface area contributed by atoms with Gasteiger partial charge in [0.2, 0.25) is 0 Å². The third-order valence-corrected chi connectivity index (χ3v) is 3.90. The molecule has 1 heterocycles. The molecule has 1 aromatic rings. The van der Waals surface area contributed by atoms with E-state index < -0.39 is 23.2 Å². The molecular weight excluding hydrogens is 351 g/mol. The molecule has 0 atom stereocenters. The van der Waals surface area contributed by atoms with E-state index in [1.807, 2.05) is 0 Å². The first-order valence-electron chi connectivity index (χ1n) is 6.39. The van der Waals surface area contributed by atoms with Crippen molar-refractivity contribution < 1.29 is 22.7 Å². The number of ether oxygens (including phenoxy) is 1. The highest BCUT2D eigenvalue weighted by Crippen LogP contribution is 2.35. The number of alkyl halides is 3. The van der Waals surface area contributed by atoms with Gasteiger partial charge < -0.3 is 9.64 Å². The predicted octanol–water partition coefficient (Wildman–Crippen LogP) is 3.72. The molecule has 0 N–H and O–H groups in total. The average molecular weight is 366 g/mol. The Morgan fingerprint density at radius 1 is 1.38 bits per heavy atom. The molecule has 116 valence electrons. The standard InChI is InChI=1S/C14H15BrF3NO2/c1-13(2)8-21-6-5-19(13)12(20)10-4-3-9(15)7-11(10)14(16,17)18/h3-4,7H,5-6,8H2,1-2H3. The molecule has 0 spiro atoms. The first kappa shape index (κ1) is 16.3. The fraction of sp³-hybridized carbons (Fsp3) is 0.500. The fourth-order valence-corrected chi connectivity index (χ4v) is 2.68. The zero-order chi connectivity index (χ0) is 15.8. The van der Waals surface area contributed by atoms with Gasteiger partial charge in [-0.15, -0.1) is 0 Å². The van der Waals surface area contributed by atoms with Crippen LogP contribution in [-0.4, -0.2) is 36.1 Å². The number of hydrogen-bond donors (Lipinski definition) is 0. The SMILES string of the molecule is CC1(C)COCCN1C(=O)c1ccc(Br)cc1C(F)(F)F. The van der Waals surface area contributed by atoms with E-state index in [-0.39, 0.29) is 16.6 Å². The number of carbonyl (C=O) groups excluding carboxylic acids is 1. The minimum Gasteiger partial charge on any atom is -0.377 e. The van der Waals surface area contributed by atoms with Crippen molar-refractivity contribution in [2.45, 2.75) is 25.6 Å². The molecule has 1 aliphatic heterocycles. The monoisotopic (exact) mass is 365 g/mol. The second kappa shape index (κ2) is 5.61. The number of rotatable bonds is 1. The molecule has 1 fully saturated rings. The van der Waals surface area contributed by atoms with Crippen molar-refractivity contribution in [3.63, 3.8) is 0 Å². The summed E-state index contributed by atoms with van der Waals surface area (Å²) in [5.41, 5.74) is -1.89. The van der Waals surface area contributed by atoms with E-state index in [1.54, 1.807) is 13.8 Å². The van der Waals surface area contributed by atoms with E-state index in [0.717, 1.165) is 6.07 Å². The van der Waals surface area contributed by atoms with Crippen molar-refractivity contribution in [1.82, 2.24) is 4.90 Å². The topological polar surface area (TPSA) is 29.5 Å². The molecule has 1 aromatic carbocycles. The first-order valence-corrected chi connectivity index (χ1v) is 7.19. The van der Waals surface area contributed by atoms with Gasteiger partial charge in [0, 0.05) is 11.0 Å². The maximum Gasteiger partial charge on any atom is 0.417 e. The van der Waals surface area contributed by atoms with Crippen LogP contribution in [0.5, 0.6) is 0 Å². The van der Waals surface area contributed by atoms with Crippen LogP contribution in [0.25, 0.3) is 0 Å². The average Bonchev–Trinajstić information content (AvgIpc) is 2.36. The van der Waals surface area contributed by atoms with Gasteiger partial charge >= 0.3 is 6.18 Å². The summed E-state index contributed by atoms with van der Waals surface area (Å²) in [6, 6.07) is 3.58. The lowest BCUT2D eigenvalue weighted by molar-refractivity contribution is -0.138. The van der Waals surface area contributed by atoms with E-state index in [2.05, 4.69) is 15.9 Å². The van der Waals surface area contributed by atoms with Crippen molar-refractivity contribution in [3.8, 4) is 0 Å². The summed E-state index contributed by atoms with van der Waals surface area (Å²) in [5, 5.41) is 0. The van der Waals surface area contributed by atoms with E-state index >= 15 is 0 Å². The largest absolute Gasteiger partial charge is 0.417 e. The molecule has 1 saturated heterocycles. The Hall–Kier alpha value is -1.08. The molecule has 21 heavy (non-hydrogen) atoms. The minimum absolute atomic E-state index is 0.277. The third kappa shape index (κ3) is 3.40. The molecule has 0 aliphatic carbocycles. The number of hydrogen-bond acceptors (Lipinski definition) is 2. The Morgan fingerprint density at radius 3 is 2.62 bits per heavy atom. The quantitative estimate of drug-likeness (QED) is 0.758. The van der Waals surface area contributed by atoms with Gasteiger partial charge in [-0.25, -0.2) is 0 Å². The van der Waals surface area contributed by atoms with Crippen LogP contribution >= 0.6 is 15.9 Å². The molecule has 1 aliphatic rings. The van der Waals surface area contributed by atoms with E-state index in [9.17, 15) is 18.0 Å². The normalized spacial score (nSPS) is 18.7. The van der Waals surface area contributed by atoms with Gasteiger partial charge in [0.25, 0.3) is 5.91 Å². The third-order valence-electron chi connectivity index (χ3n) is 3.41. The van der Waals surface area contributed by atoms with Crippen molar-refractivity contribution in [2.24, 2.45) is 0 Å². The molecule has 0 unspecified atom stereocenters. The van der Waals surface area contributed by atoms with Crippen molar-refractivity contribution in [2.75, 3.05) is 19.8 Å². The van der Waals surface area contributed by atoms with E-state index in [4.69, 9.17) is 4.74 Å². The molecule has 0 aromatic heterocycles. The number of amides is 1.